The van der Waals surface area contributed by atoms with E-state index in [0.29, 0.717) is 33.5 Å². The molecule has 0 spiro atoms. The van der Waals surface area contributed by atoms with Crippen LogP contribution in [0.2, 0.25) is 5.02 Å². The SMILES string of the molecule is COC(=O)C1CN(c2nc3ccc(C(F)(F)F)cc3s2)Cc2[nH]c3ccc(Cl)cc3c21. The summed E-state index contributed by atoms with van der Waals surface area (Å²) in [6, 6.07) is 8.94. The smallest absolute Gasteiger partial charge is 0.416 e. The van der Waals surface area contributed by atoms with Crippen LogP contribution in [0.5, 0.6) is 0 Å². The highest BCUT2D eigenvalue weighted by Gasteiger charge is 2.36. The minimum Gasteiger partial charge on any atom is -0.468 e. The first-order chi connectivity index (χ1) is 14.7. The predicted molar refractivity (Wildman–Crippen MR) is 114 cm³/mol. The van der Waals surface area contributed by atoms with Crippen LogP contribution in [0.3, 0.4) is 0 Å². The number of H-pyrrole nitrogens is 1. The number of benzene rings is 2. The normalized spacial score (nSPS) is 16.7. The van der Waals surface area contributed by atoms with Crippen LogP contribution < -0.4 is 4.90 Å². The van der Waals surface area contributed by atoms with Crippen LogP contribution in [-0.2, 0) is 22.3 Å². The third-order valence-corrected chi connectivity index (χ3v) is 6.76. The first kappa shape index (κ1) is 20.1. The Morgan fingerprint density at radius 2 is 2.10 bits per heavy atom. The minimum absolute atomic E-state index is 0.297. The van der Waals surface area contributed by atoms with Gasteiger partial charge < -0.3 is 14.6 Å². The molecule has 1 aliphatic rings. The second-order valence-electron chi connectivity index (χ2n) is 7.34. The van der Waals surface area contributed by atoms with E-state index in [-0.39, 0.29) is 0 Å². The second-order valence-corrected chi connectivity index (χ2v) is 8.79. The molecule has 0 amide bonds. The summed E-state index contributed by atoms with van der Waals surface area (Å²) in [6.45, 7) is 0.728. The van der Waals surface area contributed by atoms with E-state index in [9.17, 15) is 18.0 Å². The molecule has 1 atom stereocenters. The molecule has 31 heavy (non-hydrogen) atoms. The average molecular weight is 466 g/mol. The average Bonchev–Trinajstić information content (AvgIpc) is 3.32. The molecule has 0 saturated heterocycles. The second kappa shape index (κ2) is 7.13. The van der Waals surface area contributed by atoms with Gasteiger partial charge in [0.2, 0.25) is 0 Å². The number of carbonyl (C=O) groups excluding carboxylic acids is 1. The highest BCUT2D eigenvalue weighted by Crippen LogP contribution is 2.41. The van der Waals surface area contributed by atoms with Crippen LogP contribution in [0.15, 0.2) is 36.4 Å². The van der Waals surface area contributed by atoms with E-state index in [2.05, 4.69) is 9.97 Å². The maximum absolute atomic E-state index is 13.1. The summed E-state index contributed by atoms with van der Waals surface area (Å²) >= 11 is 7.33. The number of ether oxygens (including phenoxy) is 1. The van der Waals surface area contributed by atoms with Crippen molar-refractivity contribution in [2.75, 3.05) is 18.6 Å². The molecule has 160 valence electrons. The molecule has 2 aromatic carbocycles. The van der Waals surface area contributed by atoms with E-state index in [1.807, 2.05) is 17.0 Å². The molecule has 1 unspecified atom stereocenters. The fourth-order valence-electron chi connectivity index (χ4n) is 4.03. The molecule has 0 fully saturated rings. The van der Waals surface area contributed by atoms with Crippen molar-refractivity contribution in [1.82, 2.24) is 9.97 Å². The summed E-state index contributed by atoms with van der Waals surface area (Å²) in [6.07, 6.45) is -4.42. The lowest BCUT2D eigenvalue weighted by atomic mass is 9.92. The zero-order valence-electron chi connectivity index (χ0n) is 16.1. The van der Waals surface area contributed by atoms with Gasteiger partial charge in [0.15, 0.2) is 5.13 Å². The summed E-state index contributed by atoms with van der Waals surface area (Å²) in [7, 11) is 1.33. The Bertz CT molecular complexity index is 1330. The number of rotatable bonds is 2. The summed E-state index contributed by atoms with van der Waals surface area (Å²) < 4.78 is 44.7. The molecule has 0 aliphatic carbocycles. The number of halogens is 4. The Labute approximate surface area is 183 Å². The number of aromatic nitrogens is 2. The van der Waals surface area contributed by atoms with Crippen LogP contribution >= 0.6 is 22.9 Å². The predicted octanol–water partition coefficient (Wildman–Crippen LogP) is 5.73. The minimum atomic E-state index is -4.42. The fraction of sp³-hybridized carbons (Fsp3) is 0.238. The third-order valence-electron chi connectivity index (χ3n) is 5.44. The zero-order valence-corrected chi connectivity index (χ0v) is 17.7. The van der Waals surface area contributed by atoms with Crippen molar-refractivity contribution in [2.24, 2.45) is 0 Å². The number of hydrogen-bond donors (Lipinski definition) is 1. The standard InChI is InChI=1S/C21H15ClF3N3O2S/c1-30-19(29)13-8-28(9-16-18(13)12-7-11(22)3-5-14(12)26-16)20-27-15-4-2-10(21(23,24)25)6-17(15)31-20/h2-7,13,26H,8-9H2,1H3. The lowest BCUT2D eigenvalue weighted by Gasteiger charge is -2.31. The van der Waals surface area contributed by atoms with E-state index >= 15 is 0 Å². The lowest BCUT2D eigenvalue weighted by Crippen LogP contribution is -2.37. The monoisotopic (exact) mass is 465 g/mol. The Morgan fingerprint density at radius 1 is 1.29 bits per heavy atom. The first-order valence-electron chi connectivity index (χ1n) is 9.35. The van der Waals surface area contributed by atoms with Crippen LogP contribution in [0.4, 0.5) is 18.3 Å². The summed E-state index contributed by atoms with van der Waals surface area (Å²) in [5, 5.41) is 1.97. The van der Waals surface area contributed by atoms with E-state index < -0.39 is 23.6 Å². The van der Waals surface area contributed by atoms with Crippen LogP contribution in [0.25, 0.3) is 21.1 Å². The number of nitrogens with zero attached hydrogens (tertiary/aromatic N) is 2. The van der Waals surface area contributed by atoms with Crippen molar-refractivity contribution >= 4 is 55.2 Å². The Hall–Kier alpha value is -2.78. The van der Waals surface area contributed by atoms with Crippen molar-refractivity contribution in [3.63, 3.8) is 0 Å². The quantitative estimate of drug-likeness (QED) is 0.384. The van der Waals surface area contributed by atoms with Gasteiger partial charge in [-0.1, -0.05) is 22.9 Å². The molecule has 5 rings (SSSR count). The molecule has 4 aromatic rings. The molecule has 1 N–H and O–H groups in total. The molecular weight excluding hydrogens is 451 g/mol. The van der Waals surface area contributed by atoms with E-state index in [1.54, 1.807) is 6.07 Å². The zero-order chi connectivity index (χ0) is 21.9. The molecule has 10 heteroatoms. The molecule has 3 heterocycles. The topological polar surface area (TPSA) is 58.2 Å². The number of carbonyl (C=O) groups is 1. The third kappa shape index (κ3) is 3.41. The first-order valence-corrected chi connectivity index (χ1v) is 10.5. The number of nitrogens with one attached hydrogen (secondary N) is 1. The molecule has 0 radical (unpaired) electrons. The van der Waals surface area contributed by atoms with Gasteiger partial charge in [0.1, 0.15) is 5.92 Å². The number of esters is 1. The number of anilines is 1. The highest BCUT2D eigenvalue weighted by molar-refractivity contribution is 7.22. The molecule has 1 aliphatic heterocycles. The number of fused-ring (bicyclic) bond motifs is 4. The molecule has 0 bridgehead atoms. The molecule has 5 nitrogen and oxygen atoms in total. The number of alkyl halides is 3. The Kier molecular flexibility index (Phi) is 4.63. The van der Waals surface area contributed by atoms with Gasteiger partial charge in [0.25, 0.3) is 0 Å². The Morgan fingerprint density at radius 3 is 2.84 bits per heavy atom. The van der Waals surface area contributed by atoms with Gasteiger partial charge in [0, 0.05) is 28.2 Å². The summed E-state index contributed by atoms with van der Waals surface area (Å²) in [5.74, 6) is -0.981. The van der Waals surface area contributed by atoms with Crippen molar-refractivity contribution in [3.8, 4) is 0 Å². The number of hydrogen-bond acceptors (Lipinski definition) is 5. The van der Waals surface area contributed by atoms with Crippen LogP contribution in [0, 0.1) is 0 Å². The van der Waals surface area contributed by atoms with E-state index in [1.165, 1.54) is 24.5 Å². The summed E-state index contributed by atoms with van der Waals surface area (Å²) in [5.41, 5.74) is 2.28. The molecular formula is C21H15ClF3N3O2S. The van der Waals surface area contributed by atoms with E-state index in [0.717, 1.165) is 34.3 Å². The lowest BCUT2D eigenvalue weighted by molar-refractivity contribution is -0.142. The van der Waals surface area contributed by atoms with Crippen LogP contribution in [0.1, 0.15) is 22.7 Å². The maximum Gasteiger partial charge on any atom is 0.416 e. The van der Waals surface area contributed by atoms with Crippen molar-refractivity contribution < 1.29 is 22.7 Å². The van der Waals surface area contributed by atoms with Gasteiger partial charge in [-0.05, 0) is 42.0 Å². The van der Waals surface area contributed by atoms with Gasteiger partial charge in [-0.15, -0.1) is 0 Å². The van der Waals surface area contributed by atoms with Gasteiger partial charge in [-0.3, -0.25) is 4.79 Å². The number of aromatic amines is 1. The summed E-state index contributed by atoms with van der Waals surface area (Å²) in [4.78, 5) is 22.4. The molecule has 0 saturated carbocycles. The van der Waals surface area contributed by atoms with Gasteiger partial charge in [-0.2, -0.15) is 13.2 Å². The highest BCUT2D eigenvalue weighted by atomic mass is 35.5. The van der Waals surface area contributed by atoms with Gasteiger partial charge in [-0.25, -0.2) is 4.98 Å². The van der Waals surface area contributed by atoms with Crippen molar-refractivity contribution in [1.29, 1.82) is 0 Å². The molecule has 2 aromatic heterocycles. The van der Waals surface area contributed by atoms with Gasteiger partial charge >= 0.3 is 12.1 Å². The van der Waals surface area contributed by atoms with Crippen molar-refractivity contribution in [3.05, 3.63) is 58.2 Å². The number of thiazole rings is 1. The van der Waals surface area contributed by atoms with E-state index in [4.69, 9.17) is 16.3 Å². The Balaban J connectivity index is 1.59. The maximum atomic E-state index is 13.1. The van der Waals surface area contributed by atoms with Crippen molar-refractivity contribution in [2.45, 2.75) is 18.6 Å². The van der Waals surface area contributed by atoms with Crippen LogP contribution in [-0.4, -0.2) is 29.6 Å². The largest absolute Gasteiger partial charge is 0.468 e. The van der Waals surface area contributed by atoms with Gasteiger partial charge in [0.05, 0.1) is 29.4 Å². The fourth-order valence-corrected chi connectivity index (χ4v) is 5.22. The number of methoxy groups -OCH3 is 1.